The Balaban J connectivity index is 2.94. The highest BCUT2D eigenvalue weighted by atomic mass is 16.6. The van der Waals surface area contributed by atoms with Gasteiger partial charge in [-0.05, 0) is 13.0 Å². The van der Waals surface area contributed by atoms with Crippen LogP contribution in [0, 0.1) is 0 Å². The third-order valence-electron chi connectivity index (χ3n) is 0.637. The van der Waals surface area contributed by atoms with Crippen LogP contribution >= 0.6 is 0 Å². The predicted molar refractivity (Wildman–Crippen MR) is 38.3 cm³/mol. The van der Waals surface area contributed by atoms with E-state index in [0.29, 0.717) is 13.2 Å². The number of rotatable bonds is 5. The van der Waals surface area contributed by atoms with Crippen molar-refractivity contribution in [1.82, 2.24) is 0 Å². The lowest BCUT2D eigenvalue weighted by molar-refractivity contribution is 0.176. The monoisotopic (exact) mass is 128 g/mol. The molecule has 3 heteroatoms. The molecule has 0 aromatic carbocycles. The molecule has 0 fully saturated rings. The Bertz CT molecular complexity index is 91.1. The molecule has 0 aliphatic carbocycles. The van der Waals surface area contributed by atoms with Gasteiger partial charge in [0.15, 0.2) is 0 Å². The number of hydrogen-bond acceptors (Lipinski definition) is 3. The molecule has 0 aliphatic heterocycles. The SMILES string of the molecule is C=CCO/N=C/CCN. The van der Waals surface area contributed by atoms with E-state index in [2.05, 4.69) is 16.6 Å². The lowest BCUT2D eigenvalue weighted by atomic mass is 10.5. The molecule has 0 amide bonds. The summed E-state index contributed by atoms with van der Waals surface area (Å²) in [6.07, 6.45) is 4.04. The van der Waals surface area contributed by atoms with Crippen LogP contribution in [0.2, 0.25) is 0 Å². The molecule has 0 saturated heterocycles. The Morgan fingerprint density at radius 1 is 1.67 bits per heavy atom. The van der Waals surface area contributed by atoms with Crippen molar-refractivity contribution in [1.29, 1.82) is 0 Å². The molecule has 0 bridgehead atoms. The zero-order chi connectivity index (χ0) is 6.95. The molecule has 0 radical (unpaired) electrons. The molecule has 3 nitrogen and oxygen atoms in total. The van der Waals surface area contributed by atoms with E-state index in [4.69, 9.17) is 5.73 Å². The molecule has 0 atom stereocenters. The minimum atomic E-state index is 0.459. The molecule has 0 heterocycles. The van der Waals surface area contributed by atoms with Crippen molar-refractivity contribution >= 4 is 6.21 Å². The van der Waals surface area contributed by atoms with Gasteiger partial charge in [0, 0.05) is 6.21 Å². The van der Waals surface area contributed by atoms with E-state index in [1.165, 1.54) is 0 Å². The fourth-order valence-electron chi connectivity index (χ4n) is 0.276. The fraction of sp³-hybridized carbons (Fsp3) is 0.500. The van der Waals surface area contributed by atoms with Gasteiger partial charge in [-0.2, -0.15) is 0 Å². The van der Waals surface area contributed by atoms with Crippen molar-refractivity contribution in [2.45, 2.75) is 6.42 Å². The van der Waals surface area contributed by atoms with E-state index in [1.54, 1.807) is 12.3 Å². The maximum Gasteiger partial charge on any atom is 0.135 e. The van der Waals surface area contributed by atoms with Crippen LogP contribution in [0.15, 0.2) is 17.8 Å². The standard InChI is InChI=1S/C6H12N2O/c1-2-6-9-8-5-3-4-7/h2,5H,1,3-4,6-7H2/b8-5+. The molecule has 0 aromatic rings. The molecule has 0 aromatic heterocycles. The summed E-state index contributed by atoms with van der Waals surface area (Å²) in [6.45, 7) is 4.53. The smallest absolute Gasteiger partial charge is 0.135 e. The molecular formula is C6H12N2O. The highest BCUT2D eigenvalue weighted by Crippen LogP contribution is 1.75. The van der Waals surface area contributed by atoms with Crippen LogP contribution < -0.4 is 5.73 Å². The first-order valence-electron chi connectivity index (χ1n) is 2.86. The summed E-state index contributed by atoms with van der Waals surface area (Å²) in [5.41, 5.74) is 5.18. The third-order valence-corrected chi connectivity index (χ3v) is 0.637. The summed E-state index contributed by atoms with van der Waals surface area (Å²) in [7, 11) is 0. The minimum Gasteiger partial charge on any atom is -0.392 e. The first-order chi connectivity index (χ1) is 4.41. The normalized spacial score (nSPS) is 9.89. The van der Waals surface area contributed by atoms with Crippen LogP contribution in [0.25, 0.3) is 0 Å². The fourth-order valence-corrected chi connectivity index (χ4v) is 0.276. The van der Waals surface area contributed by atoms with E-state index >= 15 is 0 Å². The summed E-state index contributed by atoms with van der Waals surface area (Å²) in [5, 5.41) is 3.57. The van der Waals surface area contributed by atoms with Gasteiger partial charge in [-0.3, -0.25) is 0 Å². The predicted octanol–water partition coefficient (Wildman–Crippen LogP) is 0.524. The molecule has 0 saturated carbocycles. The number of nitrogens with zero attached hydrogens (tertiary/aromatic N) is 1. The van der Waals surface area contributed by atoms with Crippen LogP contribution in [0.5, 0.6) is 0 Å². The van der Waals surface area contributed by atoms with Crippen molar-refractivity contribution in [3.63, 3.8) is 0 Å². The van der Waals surface area contributed by atoms with Gasteiger partial charge in [-0.25, -0.2) is 0 Å². The molecule has 0 spiro atoms. The minimum absolute atomic E-state index is 0.459. The summed E-state index contributed by atoms with van der Waals surface area (Å²) in [6, 6.07) is 0. The van der Waals surface area contributed by atoms with E-state index in [9.17, 15) is 0 Å². The number of oxime groups is 1. The zero-order valence-corrected chi connectivity index (χ0v) is 5.42. The van der Waals surface area contributed by atoms with E-state index in [1.807, 2.05) is 0 Å². The molecule has 9 heavy (non-hydrogen) atoms. The van der Waals surface area contributed by atoms with Gasteiger partial charge < -0.3 is 10.6 Å². The average molecular weight is 128 g/mol. The van der Waals surface area contributed by atoms with Crippen LogP contribution in [-0.2, 0) is 4.84 Å². The highest BCUT2D eigenvalue weighted by Gasteiger charge is 1.73. The van der Waals surface area contributed by atoms with E-state index in [-0.39, 0.29) is 0 Å². The lowest BCUT2D eigenvalue weighted by Gasteiger charge is -1.89. The average Bonchev–Trinajstić information content (AvgIpc) is 1.89. The Morgan fingerprint density at radius 3 is 3.00 bits per heavy atom. The zero-order valence-electron chi connectivity index (χ0n) is 5.42. The van der Waals surface area contributed by atoms with Crippen molar-refractivity contribution in [3.8, 4) is 0 Å². The summed E-state index contributed by atoms with van der Waals surface area (Å²) in [4.78, 5) is 4.68. The Morgan fingerprint density at radius 2 is 2.44 bits per heavy atom. The Labute approximate surface area is 55.2 Å². The van der Waals surface area contributed by atoms with Gasteiger partial charge in [0.25, 0.3) is 0 Å². The summed E-state index contributed by atoms with van der Waals surface area (Å²) in [5.74, 6) is 0. The van der Waals surface area contributed by atoms with Crippen LogP contribution in [0.1, 0.15) is 6.42 Å². The second-order valence-electron chi connectivity index (χ2n) is 1.45. The first-order valence-corrected chi connectivity index (χ1v) is 2.86. The summed E-state index contributed by atoms with van der Waals surface area (Å²) < 4.78 is 0. The maximum atomic E-state index is 5.18. The number of nitrogens with two attached hydrogens (primary N) is 1. The van der Waals surface area contributed by atoms with E-state index < -0.39 is 0 Å². The highest BCUT2D eigenvalue weighted by molar-refractivity contribution is 5.56. The van der Waals surface area contributed by atoms with Crippen molar-refractivity contribution in [2.24, 2.45) is 10.9 Å². The summed E-state index contributed by atoms with van der Waals surface area (Å²) >= 11 is 0. The van der Waals surface area contributed by atoms with Crippen LogP contribution in [0.4, 0.5) is 0 Å². The molecule has 0 aliphatic rings. The third kappa shape index (κ3) is 7.17. The molecular weight excluding hydrogens is 116 g/mol. The van der Waals surface area contributed by atoms with Crippen LogP contribution in [-0.4, -0.2) is 19.4 Å². The van der Waals surface area contributed by atoms with Crippen molar-refractivity contribution in [3.05, 3.63) is 12.7 Å². The second kappa shape index (κ2) is 7.17. The largest absolute Gasteiger partial charge is 0.392 e. The quantitative estimate of drug-likeness (QED) is 0.254. The Hall–Kier alpha value is -0.830. The molecule has 2 N–H and O–H groups in total. The van der Waals surface area contributed by atoms with Gasteiger partial charge in [0.1, 0.15) is 6.61 Å². The van der Waals surface area contributed by atoms with Gasteiger partial charge in [-0.15, -0.1) is 0 Å². The van der Waals surface area contributed by atoms with Gasteiger partial charge >= 0.3 is 0 Å². The molecule has 52 valence electrons. The van der Waals surface area contributed by atoms with Gasteiger partial charge in [0.2, 0.25) is 0 Å². The topological polar surface area (TPSA) is 47.6 Å². The maximum absolute atomic E-state index is 5.18. The number of hydrogen-bond donors (Lipinski definition) is 1. The van der Waals surface area contributed by atoms with Crippen molar-refractivity contribution < 1.29 is 4.84 Å². The van der Waals surface area contributed by atoms with Gasteiger partial charge in [-0.1, -0.05) is 17.8 Å². The molecule has 0 rings (SSSR count). The molecule has 0 unspecified atom stereocenters. The first kappa shape index (κ1) is 8.17. The van der Waals surface area contributed by atoms with E-state index in [0.717, 1.165) is 6.42 Å². The van der Waals surface area contributed by atoms with Crippen molar-refractivity contribution in [2.75, 3.05) is 13.2 Å². The Kier molecular flexibility index (Phi) is 6.51. The van der Waals surface area contributed by atoms with Gasteiger partial charge in [0.05, 0.1) is 0 Å². The second-order valence-corrected chi connectivity index (χ2v) is 1.45. The lowest BCUT2D eigenvalue weighted by Crippen LogP contribution is -1.98. The van der Waals surface area contributed by atoms with Crippen LogP contribution in [0.3, 0.4) is 0 Å².